The SMILES string of the molecule is NC(=S)c1ccc(Cl)c(NS(N)(=O)=O)c1. The molecule has 8 heteroatoms. The van der Waals surface area contributed by atoms with Gasteiger partial charge in [-0.2, -0.15) is 8.42 Å². The van der Waals surface area contributed by atoms with Gasteiger partial charge in [-0.25, -0.2) is 5.14 Å². The predicted octanol–water partition coefficient (Wildman–Crippen LogP) is 0.590. The molecule has 1 aromatic rings. The number of thiocarbonyl (C=S) groups is 1. The van der Waals surface area contributed by atoms with E-state index >= 15 is 0 Å². The second kappa shape index (κ2) is 4.31. The second-order valence-corrected chi connectivity index (χ2v) is 4.85. The van der Waals surface area contributed by atoms with E-state index in [2.05, 4.69) is 0 Å². The lowest BCUT2D eigenvalue weighted by Crippen LogP contribution is -2.22. The summed E-state index contributed by atoms with van der Waals surface area (Å²) in [7, 11) is -3.86. The van der Waals surface area contributed by atoms with Crippen LogP contribution in [0.2, 0.25) is 5.02 Å². The van der Waals surface area contributed by atoms with Gasteiger partial charge in [-0.05, 0) is 12.1 Å². The Morgan fingerprint density at radius 2 is 2.07 bits per heavy atom. The molecule has 0 saturated carbocycles. The van der Waals surface area contributed by atoms with Crippen LogP contribution in [0.25, 0.3) is 0 Å². The van der Waals surface area contributed by atoms with E-state index in [1.165, 1.54) is 12.1 Å². The first kappa shape index (κ1) is 12.2. The van der Waals surface area contributed by atoms with Crippen molar-refractivity contribution in [2.45, 2.75) is 0 Å². The summed E-state index contributed by atoms with van der Waals surface area (Å²) in [6, 6.07) is 4.47. The van der Waals surface area contributed by atoms with E-state index < -0.39 is 10.2 Å². The molecule has 82 valence electrons. The lowest BCUT2D eigenvalue weighted by atomic mass is 10.2. The average molecular weight is 266 g/mol. The van der Waals surface area contributed by atoms with Crippen molar-refractivity contribution < 1.29 is 8.42 Å². The number of hydrogen-bond acceptors (Lipinski definition) is 3. The maximum atomic E-state index is 10.8. The van der Waals surface area contributed by atoms with E-state index in [-0.39, 0.29) is 15.7 Å². The monoisotopic (exact) mass is 265 g/mol. The quantitative estimate of drug-likeness (QED) is 0.697. The van der Waals surface area contributed by atoms with Gasteiger partial charge in [-0.15, -0.1) is 0 Å². The van der Waals surface area contributed by atoms with Crippen molar-refractivity contribution in [1.29, 1.82) is 0 Å². The summed E-state index contributed by atoms with van der Waals surface area (Å²) in [5.74, 6) is 0. The first-order valence-electron chi connectivity index (χ1n) is 3.69. The van der Waals surface area contributed by atoms with Gasteiger partial charge in [0.2, 0.25) is 0 Å². The van der Waals surface area contributed by atoms with Gasteiger partial charge in [0, 0.05) is 5.56 Å². The topological polar surface area (TPSA) is 98.2 Å². The van der Waals surface area contributed by atoms with Crippen LogP contribution in [0.5, 0.6) is 0 Å². The highest BCUT2D eigenvalue weighted by Crippen LogP contribution is 2.23. The van der Waals surface area contributed by atoms with Crippen LogP contribution in [-0.2, 0) is 10.2 Å². The maximum absolute atomic E-state index is 10.8. The molecule has 15 heavy (non-hydrogen) atoms. The second-order valence-electron chi connectivity index (χ2n) is 2.71. The molecule has 0 atom stereocenters. The number of nitrogens with one attached hydrogen (secondary N) is 1. The van der Waals surface area contributed by atoms with E-state index in [4.69, 9.17) is 34.7 Å². The molecular weight excluding hydrogens is 258 g/mol. The molecule has 0 aliphatic heterocycles. The Bertz CT molecular complexity index is 501. The molecule has 0 heterocycles. The largest absolute Gasteiger partial charge is 0.389 e. The van der Waals surface area contributed by atoms with Crippen molar-refractivity contribution in [3.8, 4) is 0 Å². The number of anilines is 1. The molecule has 5 nitrogen and oxygen atoms in total. The molecule has 1 rings (SSSR count). The zero-order valence-electron chi connectivity index (χ0n) is 7.40. The standard InChI is InChI=1S/C7H8ClN3O2S2/c8-5-2-1-4(7(9)14)3-6(5)11-15(10,12)13/h1-3,11H,(H2,9,14)(H2,10,12,13). The number of benzene rings is 1. The molecule has 1 aromatic carbocycles. The number of nitrogens with two attached hydrogens (primary N) is 2. The predicted molar refractivity (Wildman–Crippen MR) is 64.1 cm³/mol. The van der Waals surface area contributed by atoms with Crippen molar-refractivity contribution in [2.24, 2.45) is 10.9 Å². The normalized spacial score (nSPS) is 11.1. The Kier molecular flexibility index (Phi) is 3.50. The van der Waals surface area contributed by atoms with Crippen LogP contribution in [-0.4, -0.2) is 13.4 Å². The first-order chi connectivity index (χ1) is 6.79. The summed E-state index contributed by atoms with van der Waals surface area (Å²) >= 11 is 10.5. The lowest BCUT2D eigenvalue weighted by molar-refractivity contribution is 0.603. The van der Waals surface area contributed by atoms with Gasteiger partial charge in [-0.1, -0.05) is 29.9 Å². The van der Waals surface area contributed by atoms with Crippen molar-refractivity contribution in [3.63, 3.8) is 0 Å². The zero-order chi connectivity index (χ0) is 11.6. The van der Waals surface area contributed by atoms with Gasteiger partial charge in [-0.3, -0.25) is 4.72 Å². The van der Waals surface area contributed by atoms with E-state index in [1.807, 2.05) is 4.72 Å². The summed E-state index contributed by atoms with van der Waals surface area (Å²) in [5, 5.41) is 5.01. The molecule has 0 aliphatic carbocycles. The van der Waals surface area contributed by atoms with Crippen molar-refractivity contribution in [2.75, 3.05) is 4.72 Å². The summed E-state index contributed by atoms with van der Waals surface area (Å²) in [6.07, 6.45) is 0. The third kappa shape index (κ3) is 3.63. The van der Waals surface area contributed by atoms with E-state index in [0.29, 0.717) is 5.56 Å². The number of rotatable bonds is 3. The van der Waals surface area contributed by atoms with Gasteiger partial charge >= 0.3 is 0 Å². The smallest absolute Gasteiger partial charge is 0.296 e. The maximum Gasteiger partial charge on any atom is 0.296 e. The van der Waals surface area contributed by atoms with Crippen LogP contribution < -0.4 is 15.6 Å². The average Bonchev–Trinajstić information content (AvgIpc) is 2.06. The Labute approximate surface area is 97.6 Å². The van der Waals surface area contributed by atoms with Gasteiger partial charge in [0.25, 0.3) is 10.2 Å². The van der Waals surface area contributed by atoms with Gasteiger partial charge < -0.3 is 5.73 Å². The highest BCUT2D eigenvalue weighted by molar-refractivity contribution is 7.90. The molecule has 0 saturated heterocycles. The zero-order valence-corrected chi connectivity index (χ0v) is 9.79. The fourth-order valence-corrected chi connectivity index (χ4v) is 1.73. The van der Waals surface area contributed by atoms with Crippen LogP contribution in [0.1, 0.15) is 5.56 Å². The van der Waals surface area contributed by atoms with E-state index in [0.717, 1.165) is 0 Å². The Hall–Kier alpha value is -0.890. The fourth-order valence-electron chi connectivity index (χ4n) is 0.910. The third-order valence-corrected chi connectivity index (χ3v) is 2.57. The molecule has 0 bridgehead atoms. The minimum Gasteiger partial charge on any atom is -0.389 e. The summed E-state index contributed by atoms with van der Waals surface area (Å²) < 4.78 is 23.6. The summed E-state index contributed by atoms with van der Waals surface area (Å²) in [4.78, 5) is 0.143. The van der Waals surface area contributed by atoms with Gasteiger partial charge in [0.1, 0.15) is 4.99 Å². The van der Waals surface area contributed by atoms with Gasteiger partial charge in [0.05, 0.1) is 10.7 Å². The van der Waals surface area contributed by atoms with Crippen LogP contribution >= 0.6 is 23.8 Å². The lowest BCUT2D eigenvalue weighted by Gasteiger charge is -2.07. The molecule has 0 aromatic heterocycles. The Balaban J connectivity index is 3.17. The third-order valence-electron chi connectivity index (χ3n) is 1.50. The highest BCUT2D eigenvalue weighted by atomic mass is 35.5. The number of halogens is 1. The number of hydrogen-bond donors (Lipinski definition) is 3. The van der Waals surface area contributed by atoms with E-state index in [9.17, 15) is 8.42 Å². The summed E-state index contributed by atoms with van der Waals surface area (Å²) in [5.41, 5.74) is 6.02. The minimum atomic E-state index is -3.86. The van der Waals surface area contributed by atoms with Crippen LogP contribution in [0.4, 0.5) is 5.69 Å². The molecular formula is C7H8ClN3O2S2. The molecule has 5 N–H and O–H groups in total. The Morgan fingerprint density at radius 3 is 2.53 bits per heavy atom. The van der Waals surface area contributed by atoms with E-state index in [1.54, 1.807) is 6.07 Å². The molecule has 0 radical (unpaired) electrons. The highest BCUT2D eigenvalue weighted by Gasteiger charge is 2.08. The van der Waals surface area contributed by atoms with Crippen molar-refractivity contribution >= 4 is 44.7 Å². The van der Waals surface area contributed by atoms with Crippen LogP contribution in [0.15, 0.2) is 18.2 Å². The Morgan fingerprint density at radius 1 is 1.47 bits per heavy atom. The molecule has 0 spiro atoms. The van der Waals surface area contributed by atoms with Crippen molar-refractivity contribution in [1.82, 2.24) is 0 Å². The molecule has 0 fully saturated rings. The van der Waals surface area contributed by atoms with Crippen LogP contribution in [0, 0.1) is 0 Å². The van der Waals surface area contributed by atoms with Gasteiger partial charge in [0.15, 0.2) is 0 Å². The molecule has 0 amide bonds. The molecule has 0 aliphatic rings. The van der Waals surface area contributed by atoms with Crippen LogP contribution in [0.3, 0.4) is 0 Å². The molecule has 0 unspecified atom stereocenters. The summed E-state index contributed by atoms with van der Waals surface area (Å²) in [6.45, 7) is 0. The van der Waals surface area contributed by atoms with Crippen molar-refractivity contribution in [3.05, 3.63) is 28.8 Å². The minimum absolute atomic E-state index is 0.143. The fraction of sp³-hybridized carbons (Fsp3) is 0. The first-order valence-corrected chi connectivity index (χ1v) is 6.03.